The fourth-order valence-electron chi connectivity index (χ4n) is 2.57. The average Bonchev–Trinajstić information content (AvgIpc) is 2.57. The Kier molecular flexibility index (Phi) is 9.03. The van der Waals surface area contributed by atoms with Crippen molar-refractivity contribution in [3.63, 3.8) is 0 Å². The molecule has 3 nitrogen and oxygen atoms in total. The molecule has 0 fully saturated rings. The molecule has 0 aliphatic rings. The minimum atomic E-state index is 0.578. The maximum atomic E-state index is 6.36. The van der Waals surface area contributed by atoms with E-state index in [1.54, 1.807) is 0 Å². The zero-order valence-corrected chi connectivity index (χ0v) is 14.6. The molecule has 0 aromatic heterocycles. The summed E-state index contributed by atoms with van der Waals surface area (Å²) in [6.07, 6.45) is 11.0. The van der Waals surface area contributed by atoms with Crippen LogP contribution in [0.4, 0.5) is 5.69 Å². The van der Waals surface area contributed by atoms with Gasteiger partial charge in [0.15, 0.2) is 0 Å². The van der Waals surface area contributed by atoms with Gasteiger partial charge in [0.2, 0.25) is 0 Å². The Balaban J connectivity index is 2.64. The van der Waals surface area contributed by atoms with Crippen molar-refractivity contribution in [3.05, 3.63) is 59.2 Å². The first-order valence-electron chi connectivity index (χ1n) is 8.42. The third-order valence-electron chi connectivity index (χ3n) is 3.91. The van der Waals surface area contributed by atoms with Crippen LogP contribution < -0.4 is 16.8 Å². The van der Waals surface area contributed by atoms with Crippen molar-refractivity contribution >= 4 is 11.8 Å². The Morgan fingerprint density at radius 2 is 2.09 bits per heavy atom. The smallest absolute Gasteiger partial charge is 0.0385 e. The molecule has 3 heteroatoms. The lowest BCUT2D eigenvalue weighted by Crippen LogP contribution is -2.23. The van der Waals surface area contributed by atoms with Gasteiger partial charge in [-0.1, -0.05) is 56.4 Å². The van der Waals surface area contributed by atoms with E-state index in [1.807, 2.05) is 25.2 Å². The molecule has 0 spiro atoms. The van der Waals surface area contributed by atoms with Crippen molar-refractivity contribution in [1.29, 1.82) is 0 Å². The standard InChI is InChI=1S/C20H31N3/c1-4-7-9-16(14-21)15-23-13-12-18-11-10-17(6-3)19(8-5-2)20(18)22/h4,6-7,9-11,23H,3,5,8,12-15,21-22H2,1-2H3/b7-4-,16-9+. The topological polar surface area (TPSA) is 64.1 Å². The monoisotopic (exact) mass is 313 g/mol. The van der Waals surface area contributed by atoms with E-state index in [-0.39, 0.29) is 0 Å². The van der Waals surface area contributed by atoms with Gasteiger partial charge in [0, 0.05) is 18.8 Å². The molecule has 0 atom stereocenters. The van der Waals surface area contributed by atoms with Crippen molar-refractivity contribution < 1.29 is 0 Å². The van der Waals surface area contributed by atoms with Crippen LogP contribution in [0, 0.1) is 0 Å². The predicted molar refractivity (Wildman–Crippen MR) is 103 cm³/mol. The predicted octanol–water partition coefficient (Wildman–Crippen LogP) is 3.46. The van der Waals surface area contributed by atoms with Gasteiger partial charge in [-0.25, -0.2) is 0 Å². The first-order chi connectivity index (χ1) is 11.2. The quantitative estimate of drug-likeness (QED) is 0.352. The van der Waals surface area contributed by atoms with E-state index in [4.69, 9.17) is 11.5 Å². The lowest BCUT2D eigenvalue weighted by molar-refractivity contribution is 0.721. The molecule has 126 valence electrons. The summed E-state index contributed by atoms with van der Waals surface area (Å²) in [5, 5.41) is 3.44. The molecule has 1 aromatic rings. The van der Waals surface area contributed by atoms with E-state index in [0.717, 1.165) is 43.6 Å². The summed E-state index contributed by atoms with van der Waals surface area (Å²) in [4.78, 5) is 0. The van der Waals surface area contributed by atoms with Crippen LogP contribution in [0.2, 0.25) is 0 Å². The number of anilines is 1. The molecule has 0 amide bonds. The van der Waals surface area contributed by atoms with Crippen LogP contribution in [0.5, 0.6) is 0 Å². The summed E-state index contributed by atoms with van der Waals surface area (Å²) in [6, 6.07) is 4.24. The second kappa shape index (κ2) is 10.8. The Hall–Kier alpha value is -1.84. The first-order valence-corrected chi connectivity index (χ1v) is 8.42. The maximum absolute atomic E-state index is 6.36. The fourth-order valence-corrected chi connectivity index (χ4v) is 2.57. The van der Waals surface area contributed by atoms with Crippen LogP contribution in [-0.2, 0) is 12.8 Å². The SMILES string of the molecule is C=Cc1ccc(CCNC/C(=C/C=C\C)CN)c(N)c1CCC. The highest BCUT2D eigenvalue weighted by molar-refractivity contribution is 5.65. The van der Waals surface area contributed by atoms with E-state index in [2.05, 4.69) is 37.0 Å². The molecule has 0 saturated heterocycles. The van der Waals surface area contributed by atoms with E-state index >= 15 is 0 Å². The Morgan fingerprint density at radius 1 is 1.30 bits per heavy atom. The highest BCUT2D eigenvalue weighted by atomic mass is 14.9. The van der Waals surface area contributed by atoms with Crippen LogP contribution in [0.15, 0.2) is 42.5 Å². The molecule has 1 aromatic carbocycles. The van der Waals surface area contributed by atoms with Gasteiger partial charge in [0.1, 0.15) is 0 Å². The van der Waals surface area contributed by atoms with E-state index in [0.29, 0.717) is 6.54 Å². The molecule has 0 aliphatic heterocycles. The van der Waals surface area contributed by atoms with Crippen molar-refractivity contribution in [2.24, 2.45) is 5.73 Å². The van der Waals surface area contributed by atoms with Crippen molar-refractivity contribution in [2.45, 2.75) is 33.1 Å². The Bertz CT molecular complexity index is 556. The normalized spacial score (nSPS) is 12.0. The minimum Gasteiger partial charge on any atom is -0.398 e. The number of hydrogen-bond acceptors (Lipinski definition) is 3. The van der Waals surface area contributed by atoms with Gasteiger partial charge in [-0.2, -0.15) is 0 Å². The second-order valence-electron chi connectivity index (χ2n) is 5.64. The van der Waals surface area contributed by atoms with Crippen molar-refractivity contribution in [2.75, 3.05) is 25.4 Å². The lowest BCUT2D eigenvalue weighted by Gasteiger charge is -2.14. The highest BCUT2D eigenvalue weighted by Gasteiger charge is 2.08. The number of nitrogens with two attached hydrogens (primary N) is 2. The van der Waals surface area contributed by atoms with Gasteiger partial charge in [-0.15, -0.1) is 0 Å². The zero-order valence-electron chi connectivity index (χ0n) is 14.6. The minimum absolute atomic E-state index is 0.578. The summed E-state index contributed by atoms with van der Waals surface area (Å²) < 4.78 is 0. The van der Waals surface area contributed by atoms with Gasteiger partial charge in [0.05, 0.1) is 0 Å². The third kappa shape index (κ3) is 6.05. The molecular formula is C20H31N3. The molecule has 23 heavy (non-hydrogen) atoms. The Morgan fingerprint density at radius 3 is 2.70 bits per heavy atom. The van der Waals surface area contributed by atoms with E-state index < -0.39 is 0 Å². The van der Waals surface area contributed by atoms with Gasteiger partial charge in [-0.3, -0.25) is 0 Å². The molecule has 0 aliphatic carbocycles. The van der Waals surface area contributed by atoms with Gasteiger partial charge >= 0.3 is 0 Å². The number of hydrogen-bond donors (Lipinski definition) is 3. The summed E-state index contributed by atoms with van der Waals surface area (Å²) in [5.41, 5.74) is 17.8. The Labute approximate surface area is 141 Å². The molecule has 0 radical (unpaired) electrons. The number of benzene rings is 1. The molecule has 0 bridgehead atoms. The summed E-state index contributed by atoms with van der Waals surface area (Å²) in [7, 11) is 0. The van der Waals surface area contributed by atoms with Crippen LogP contribution in [0.3, 0.4) is 0 Å². The molecular weight excluding hydrogens is 282 g/mol. The summed E-state index contributed by atoms with van der Waals surface area (Å²) in [5.74, 6) is 0. The second-order valence-corrected chi connectivity index (χ2v) is 5.64. The summed E-state index contributed by atoms with van der Waals surface area (Å²) in [6.45, 7) is 10.3. The number of allylic oxidation sites excluding steroid dienone is 3. The lowest BCUT2D eigenvalue weighted by atomic mass is 9.96. The van der Waals surface area contributed by atoms with Gasteiger partial charge in [-0.05, 0) is 48.6 Å². The van der Waals surface area contributed by atoms with Crippen molar-refractivity contribution in [1.82, 2.24) is 5.32 Å². The van der Waals surface area contributed by atoms with Crippen LogP contribution in [0.1, 0.15) is 37.0 Å². The fraction of sp³-hybridized carbons (Fsp3) is 0.400. The largest absolute Gasteiger partial charge is 0.398 e. The van der Waals surface area contributed by atoms with E-state index in [9.17, 15) is 0 Å². The van der Waals surface area contributed by atoms with Crippen LogP contribution >= 0.6 is 0 Å². The maximum Gasteiger partial charge on any atom is 0.0385 e. The van der Waals surface area contributed by atoms with Crippen LogP contribution in [-0.4, -0.2) is 19.6 Å². The van der Waals surface area contributed by atoms with E-state index in [1.165, 1.54) is 16.7 Å². The van der Waals surface area contributed by atoms with Crippen LogP contribution in [0.25, 0.3) is 6.08 Å². The molecule has 5 N–H and O–H groups in total. The summed E-state index contributed by atoms with van der Waals surface area (Å²) >= 11 is 0. The third-order valence-corrected chi connectivity index (χ3v) is 3.91. The molecule has 0 saturated carbocycles. The molecule has 0 unspecified atom stereocenters. The molecule has 1 rings (SSSR count). The highest BCUT2D eigenvalue weighted by Crippen LogP contribution is 2.24. The average molecular weight is 313 g/mol. The van der Waals surface area contributed by atoms with Gasteiger partial charge in [0.25, 0.3) is 0 Å². The first kappa shape index (κ1) is 19.2. The number of nitrogen functional groups attached to an aromatic ring is 1. The van der Waals surface area contributed by atoms with Gasteiger partial charge < -0.3 is 16.8 Å². The number of rotatable bonds is 10. The molecule has 0 heterocycles. The number of nitrogens with one attached hydrogen (secondary N) is 1. The van der Waals surface area contributed by atoms with Crippen molar-refractivity contribution in [3.8, 4) is 0 Å². The zero-order chi connectivity index (χ0) is 17.1.